The molecule has 0 spiro atoms. The van der Waals surface area contributed by atoms with Gasteiger partial charge >= 0.3 is 0 Å². The van der Waals surface area contributed by atoms with Crippen LogP contribution >= 0.6 is 0 Å². The van der Waals surface area contributed by atoms with Gasteiger partial charge in [-0.15, -0.1) is 0 Å². The normalized spacial score (nSPS) is 17.6. The molecule has 0 unspecified atom stereocenters. The summed E-state index contributed by atoms with van der Waals surface area (Å²) in [5.74, 6) is 0.0590. The molecule has 94 valence electrons. The number of nitrogen functional groups attached to an aromatic ring is 1. The summed E-state index contributed by atoms with van der Waals surface area (Å²) in [5, 5.41) is 0. The van der Waals surface area contributed by atoms with Crippen molar-refractivity contribution in [1.82, 2.24) is 0 Å². The Morgan fingerprint density at radius 1 is 1.33 bits per heavy atom. The average molecular weight is 246 g/mol. The lowest BCUT2D eigenvalue weighted by Crippen LogP contribution is -2.33. The second-order valence-electron chi connectivity index (χ2n) is 4.26. The van der Waals surface area contributed by atoms with E-state index >= 15 is 0 Å². The Bertz CT molecular complexity index is 525. The molecule has 2 aliphatic heterocycles. The minimum absolute atomic E-state index is 0.189. The van der Waals surface area contributed by atoms with Crippen molar-refractivity contribution in [2.75, 3.05) is 30.4 Å². The summed E-state index contributed by atoms with van der Waals surface area (Å²) < 4.78 is 10.4. The van der Waals surface area contributed by atoms with Gasteiger partial charge in [0.1, 0.15) is 19.5 Å². The number of para-hydroxylation sites is 1. The third-order valence-electron chi connectivity index (χ3n) is 3.13. The van der Waals surface area contributed by atoms with E-state index in [4.69, 9.17) is 15.2 Å². The molecule has 0 atom stereocenters. The Morgan fingerprint density at radius 3 is 3.00 bits per heavy atom. The second kappa shape index (κ2) is 4.25. The smallest absolute Gasteiger partial charge is 0.296 e. The molecule has 0 saturated carbocycles. The number of ether oxygens (including phenoxy) is 2. The van der Waals surface area contributed by atoms with E-state index in [1.807, 2.05) is 12.1 Å². The minimum Gasteiger partial charge on any atom is -0.494 e. The van der Waals surface area contributed by atoms with Crippen molar-refractivity contribution in [3.05, 3.63) is 35.8 Å². The predicted molar refractivity (Wildman–Crippen MR) is 66.9 cm³/mol. The first-order valence-corrected chi connectivity index (χ1v) is 5.91. The van der Waals surface area contributed by atoms with Gasteiger partial charge in [0.25, 0.3) is 5.91 Å². The number of fused-ring (bicyclic) bond motifs is 1. The summed E-state index contributed by atoms with van der Waals surface area (Å²) >= 11 is 0. The maximum absolute atomic E-state index is 12.3. The van der Waals surface area contributed by atoms with Gasteiger partial charge in [-0.05, 0) is 18.1 Å². The third-order valence-corrected chi connectivity index (χ3v) is 3.13. The van der Waals surface area contributed by atoms with Gasteiger partial charge in [0.05, 0.1) is 11.4 Å². The minimum atomic E-state index is -0.189. The van der Waals surface area contributed by atoms with Crippen LogP contribution in [0, 0.1) is 0 Å². The van der Waals surface area contributed by atoms with Gasteiger partial charge in [0.2, 0.25) is 5.76 Å². The highest BCUT2D eigenvalue weighted by Crippen LogP contribution is 2.34. The number of anilines is 2. The molecule has 2 N–H and O–H groups in total. The van der Waals surface area contributed by atoms with Crippen LogP contribution in [0.15, 0.2) is 30.2 Å². The van der Waals surface area contributed by atoms with Gasteiger partial charge < -0.3 is 20.1 Å². The molecule has 0 aromatic heterocycles. The highest BCUT2D eigenvalue weighted by atomic mass is 16.6. The lowest BCUT2D eigenvalue weighted by atomic mass is 10.1. The molecule has 0 saturated heterocycles. The number of hydrogen-bond acceptors (Lipinski definition) is 4. The Hall–Kier alpha value is -2.17. The number of nitrogens with zero attached hydrogens (tertiary/aromatic N) is 1. The molecule has 1 aromatic rings. The topological polar surface area (TPSA) is 64.8 Å². The number of nitrogens with two attached hydrogens (primary N) is 1. The highest BCUT2D eigenvalue weighted by Gasteiger charge is 2.30. The number of hydrogen-bond donors (Lipinski definition) is 1. The van der Waals surface area contributed by atoms with Crippen molar-refractivity contribution in [1.29, 1.82) is 0 Å². The molecule has 1 amide bonds. The molecule has 2 aliphatic rings. The highest BCUT2D eigenvalue weighted by molar-refractivity contribution is 6.07. The van der Waals surface area contributed by atoms with Crippen LogP contribution in [0.3, 0.4) is 0 Å². The first kappa shape index (κ1) is 11.0. The van der Waals surface area contributed by atoms with Gasteiger partial charge in [-0.25, -0.2) is 0 Å². The van der Waals surface area contributed by atoms with E-state index in [0.717, 1.165) is 17.7 Å². The van der Waals surface area contributed by atoms with Crippen LogP contribution in [0.2, 0.25) is 0 Å². The van der Waals surface area contributed by atoms with Gasteiger partial charge in [-0.2, -0.15) is 0 Å². The van der Waals surface area contributed by atoms with Crippen molar-refractivity contribution in [2.45, 2.75) is 6.42 Å². The quantitative estimate of drug-likeness (QED) is 0.752. The molecular weight excluding hydrogens is 232 g/mol. The average Bonchev–Trinajstić information content (AvgIpc) is 2.84. The molecule has 0 fully saturated rings. The predicted octanol–water partition coefficient (Wildman–Crippen LogP) is 1.05. The van der Waals surface area contributed by atoms with E-state index in [1.165, 1.54) is 6.26 Å². The summed E-state index contributed by atoms with van der Waals surface area (Å²) in [7, 11) is 0. The first-order chi connectivity index (χ1) is 8.77. The molecular formula is C13H14N2O3. The Balaban J connectivity index is 1.92. The number of carbonyl (C=O) groups is 1. The van der Waals surface area contributed by atoms with E-state index < -0.39 is 0 Å². The van der Waals surface area contributed by atoms with Crippen LogP contribution in [-0.4, -0.2) is 25.7 Å². The van der Waals surface area contributed by atoms with Crippen molar-refractivity contribution >= 4 is 17.3 Å². The molecule has 0 aliphatic carbocycles. The van der Waals surface area contributed by atoms with Crippen LogP contribution in [0.25, 0.3) is 0 Å². The van der Waals surface area contributed by atoms with Crippen molar-refractivity contribution in [3.63, 3.8) is 0 Å². The lowest BCUT2D eigenvalue weighted by Gasteiger charge is -2.22. The van der Waals surface area contributed by atoms with Crippen LogP contribution in [0.4, 0.5) is 11.4 Å². The summed E-state index contributed by atoms with van der Waals surface area (Å²) in [4.78, 5) is 14.0. The summed E-state index contributed by atoms with van der Waals surface area (Å²) in [5.41, 5.74) is 8.47. The van der Waals surface area contributed by atoms with E-state index in [2.05, 4.69) is 0 Å². The van der Waals surface area contributed by atoms with E-state index in [9.17, 15) is 4.79 Å². The van der Waals surface area contributed by atoms with Crippen LogP contribution in [0.1, 0.15) is 5.56 Å². The number of rotatable bonds is 1. The summed E-state index contributed by atoms with van der Waals surface area (Å²) in [6.45, 7) is 1.52. The Morgan fingerprint density at radius 2 is 2.22 bits per heavy atom. The lowest BCUT2D eigenvalue weighted by molar-refractivity contribution is -0.119. The number of amides is 1. The van der Waals surface area contributed by atoms with Crippen LogP contribution in [0.5, 0.6) is 0 Å². The fraction of sp³-hybridized carbons (Fsp3) is 0.308. The molecule has 0 radical (unpaired) electrons. The molecule has 3 rings (SSSR count). The second-order valence-corrected chi connectivity index (χ2v) is 4.26. The number of carbonyl (C=O) groups excluding carboxylic acids is 1. The molecule has 18 heavy (non-hydrogen) atoms. The molecule has 2 heterocycles. The van der Waals surface area contributed by atoms with Crippen molar-refractivity contribution in [3.8, 4) is 0 Å². The maximum atomic E-state index is 12.3. The van der Waals surface area contributed by atoms with E-state index in [-0.39, 0.29) is 11.7 Å². The molecule has 5 heteroatoms. The zero-order chi connectivity index (χ0) is 12.5. The third kappa shape index (κ3) is 1.68. The van der Waals surface area contributed by atoms with E-state index in [0.29, 0.717) is 25.4 Å². The molecule has 5 nitrogen and oxygen atoms in total. The summed E-state index contributed by atoms with van der Waals surface area (Å²) in [6.07, 6.45) is 2.20. The SMILES string of the molecule is Nc1cccc2c1N(C(=O)C1=COCCO1)CC2. The molecule has 0 bridgehead atoms. The summed E-state index contributed by atoms with van der Waals surface area (Å²) in [6, 6.07) is 5.70. The zero-order valence-corrected chi connectivity index (χ0v) is 9.89. The Kier molecular flexibility index (Phi) is 2.59. The van der Waals surface area contributed by atoms with E-state index in [1.54, 1.807) is 11.0 Å². The fourth-order valence-electron chi connectivity index (χ4n) is 2.30. The maximum Gasteiger partial charge on any atom is 0.296 e. The standard InChI is InChI=1S/C13H14N2O3/c14-10-3-1-2-9-4-5-15(12(9)10)13(16)11-8-17-6-7-18-11/h1-3,8H,4-7,14H2. The Labute approximate surface area is 105 Å². The van der Waals surface area contributed by atoms with Gasteiger partial charge in [0.15, 0.2) is 0 Å². The molecule has 1 aromatic carbocycles. The van der Waals surface area contributed by atoms with Crippen molar-refractivity contribution < 1.29 is 14.3 Å². The van der Waals surface area contributed by atoms with Crippen LogP contribution < -0.4 is 10.6 Å². The van der Waals surface area contributed by atoms with Crippen LogP contribution in [-0.2, 0) is 20.7 Å². The first-order valence-electron chi connectivity index (χ1n) is 5.91. The van der Waals surface area contributed by atoms with Gasteiger partial charge in [-0.1, -0.05) is 12.1 Å². The van der Waals surface area contributed by atoms with Crippen molar-refractivity contribution in [2.24, 2.45) is 0 Å². The number of benzene rings is 1. The van der Waals surface area contributed by atoms with Gasteiger partial charge in [0, 0.05) is 6.54 Å². The largest absolute Gasteiger partial charge is 0.494 e. The monoisotopic (exact) mass is 246 g/mol. The fourth-order valence-corrected chi connectivity index (χ4v) is 2.30. The zero-order valence-electron chi connectivity index (χ0n) is 9.89. The van der Waals surface area contributed by atoms with Gasteiger partial charge in [-0.3, -0.25) is 4.79 Å².